The van der Waals surface area contributed by atoms with Crippen LogP contribution in [-0.2, 0) is 14.3 Å². The van der Waals surface area contributed by atoms with Crippen LogP contribution in [0.3, 0.4) is 0 Å². The molecule has 4 aliphatic rings. The number of nitrogens with one attached hydrogen (secondary N) is 1. The number of morpholine rings is 1. The summed E-state index contributed by atoms with van der Waals surface area (Å²) >= 11 is 6.68. The maximum Gasteiger partial charge on any atom is 0.257 e. The van der Waals surface area contributed by atoms with Crippen LogP contribution in [0.4, 0.5) is 0 Å². The molecule has 1 N–H and O–H groups in total. The van der Waals surface area contributed by atoms with E-state index in [1.54, 1.807) is 5.01 Å². The number of fused-ring (bicyclic) bond motifs is 1. The lowest BCUT2D eigenvalue weighted by Gasteiger charge is -2.46. The van der Waals surface area contributed by atoms with E-state index in [0.717, 1.165) is 49.2 Å². The third-order valence-electron chi connectivity index (χ3n) is 8.65. The Bertz CT molecular complexity index is 1170. The molecule has 0 bridgehead atoms. The molecular weight excluding hydrogens is 500 g/mol. The summed E-state index contributed by atoms with van der Waals surface area (Å²) < 4.78 is 5.46. The van der Waals surface area contributed by atoms with Crippen molar-refractivity contribution in [1.29, 1.82) is 0 Å². The van der Waals surface area contributed by atoms with Crippen molar-refractivity contribution in [2.75, 3.05) is 32.8 Å². The number of amides is 2. The molecule has 6 atom stereocenters. The first kappa shape index (κ1) is 25.5. The zero-order valence-electron chi connectivity index (χ0n) is 21.5. The Morgan fingerprint density at radius 3 is 2.39 bits per heavy atom. The lowest BCUT2D eigenvalue weighted by atomic mass is 9.64. The van der Waals surface area contributed by atoms with Crippen LogP contribution in [-0.4, -0.2) is 71.7 Å². The van der Waals surface area contributed by atoms with E-state index >= 15 is 0 Å². The first-order valence-electron chi connectivity index (χ1n) is 13.8. The molecule has 3 aliphatic heterocycles. The molecule has 0 spiro atoms. The monoisotopic (exact) mass is 534 g/mol. The van der Waals surface area contributed by atoms with Gasteiger partial charge in [-0.25, -0.2) is 5.01 Å². The summed E-state index contributed by atoms with van der Waals surface area (Å²) in [7, 11) is 0. The van der Waals surface area contributed by atoms with Gasteiger partial charge in [-0.3, -0.25) is 14.5 Å². The van der Waals surface area contributed by atoms with Gasteiger partial charge in [0.25, 0.3) is 5.91 Å². The third kappa shape index (κ3) is 5.12. The maximum absolute atomic E-state index is 13.8. The highest BCUT2D eigenvalue weighted by molar-refractivity contribution is 6.20. The molecule has 200 valence electrons. The zero-order valence-corrected chi connectivity index (χ0v) is 22.3. The Morgan fingerprint density at radius 2 is 1.68 bits per heavy atom. The smallest absolute Gasteiger partial charge is 0.257 e. The van der Waals surface area contributed by atoms with Crippen molar-refractivity contribution in [3.63, 3.8) is 0 Å². The largest absolute Gasteiger partial charge is 0.379 e. The second kappa shape index (κ2) is 11.2. The normalized spacial score (nSPS) is 31.9. The molecule has 2 amide bonds. The fraction of sp³-hybridized carbons (Fsp3) is 0.500. The summed E-state index contributed by atoms with van der Waals surface area (Å²) in [5.41, 5.74) is 2.96. The van der Waals surface area contributed by atoms with Gasteiger partial charge < -0.3 is 10.1 Å². The number of hydrogen-bond acceptors (Lipinski definition) is 5. The van der Waals surface area contributed by atoms with E-state index in [2.05, 4.69) is 22.3 Å². The quantitative estimate of drug-likeness (QED) is 0.589. The summed E-state index contributed by atoms with van der Waals surface area (Å²) in [6.07, 6.45) is 3.21. The minimum absolute atomic E-state index is 0.0150. The Labute approximate surface area is 229 Å². The van der Waals surface area contributed by atoms with E-state index in [9.17, 15) is 9.59 Å². The second-order valence-corrected chi connectivity index (χ2v) is 11.6. The van der Waals surface area contributed by atoms with Crippen LogP contribution in [0.1, 0.15) is 48.8 Å². The molecule has 38 heavy (non-hydrogen) atoms. The predicted octanol–water partition coefficient (Wildman–Crippen LogP) is 3.95. The van der Waals surface area contributed by atoms with E-state index in [0.29, 0.717) is 26.2 Å². The first-order valence-corrected chi connectivity index (χ1v) is 14.3. The molecule has 6 unspecified atom stereocenters. The molecule has 6 rings (SSSR count). The van der Waals surface area contributed by atoms with Crippen molar-refractivity contribution in [2.45, 2.75) is 49.1 Å². The number of alkyl halides is 1. The van der Waals surface area contributed by atoms with Crippen molar-refractivity contribution in [3.05, 3.63) is 71.8 Å². The summed E-state index contributed by atoms with van der Waals surface area (Å²) in [5.74, 6) is -0.262. The molecule has 8 heteroatoms. The fourth-order valence-corrected chi connectivity index (χ4v) is 7.13. The Hall–Kier alpha value is -2.74. The van der Waals surface area contributed by atoms with Gasteiger partial charge in [0.05, 0.1) is 37.4 Å². The number of benzene rings is 2. The number of piperidine rings is 1. The number of ether oxygens (including phenoxy) is 1. The number of halogens is 1. The van der Waals surface area contributed by atoms with Crippen molar-refractivity contribution >= 4 is 29.1 Å². The zero-order chi connectivity index (χ0) is 26.1. The third-order valence-corrected chi connectivity index (χ3v) is 9.04. The van der Waals surface area contributed by atoms with Crippen LogP contribution in [0.15, 0.2) is 65.8 Å². The summed E-state index contributed by atoms with van der Waals surface area (Å²) in [6.45, 7) is 3.02. The standard InChI is InChI=1S/C30H35ClN4O3/c31-22-11-12-24-23(17-22)28(21-9-5-2-6-10-21)29(30(37)32-24)25-18-26(20-7-3-1-4-8-20)35(33-25)27(36)19-34-13-15-38-16-14-34/h1-10,22-24,26,28-29H,11-19H2,(H,32,37). The minimum Gasteiger partial charge on any atom is -0.379 e. The molecule has 3 fully saturated rings. The molecule has 7 nitrogen and oxygen atoms in total. The van der Waals surface area contributed by atoms with Crippen molar-refractivity contribution < 1.29 is 14.3 Å². The molecule has 0 aromatic heterocycles. The average molecular weight is 535 g/mol. The number of carbonyl (C=O) groups is 2. The van der Waals surface area contributed by atoms with E-state index in [1.807, 2.05) is 48.5 Å². The van der Waals surface area contributed by atoms with Crippen LogP contribution in [0.5, 0.6) is 0 Å². The summed E-state index contributed by atoms with van der Waals surface area (Å²) in [6, 6.07) is 20.3. The highest BCUT2D eigenvalue weighted by Gasteiger charge is 2.50. The average Bonchev–Trinajstić information content (AvgIpc) is 3.39. The highest BCUT2D eigenvalue weighted by Crippen LogP contribution is 2.47. The number of rotatable bonds is 5. The molecule has 3 heterocycles. The number of nitrogens with zero attached hydrogens (tertiary/aromatic N) is 3. The number of carbonyl (C=O) groups excluding carboxylic acids is 2. The van der Waals surface area contributed by atoms with Crippen LogP contribution in [0, 0.1) is 11.8 Å². The van der Waals surface area contributed by atoms with E-state index in [-0.39, 0.29) is 41.1 Å². The lowest BCUT2D eigenvalue weighted by molar-refractivity contribution is -0.135. The van der Waals surface area contributed by atoms with Gasteiger partial charge >= 0.3 is 0 Å². The molecular formula is C30H35ClN4O3. The van der Waals surface area contributed by atoms with Crippen LogP contribution < -0.4 is 5.32 Å². The van der Waals surface area contributed by atoms with Crippen LogP contribution in [0.25, 0.3) is 0 Å². The number of hydrogen-bond donors (Lipinski definition) is 1. The second-order valence-electron chi connectivity index (χ2n) is 11.0. The minimum atomic E-state index is -0.437. The Balaban J connectivity index is 1.35. The molecule has 2 saturated heterocycles. The molecule has 1 aliphatic carbocycles. The van der Waals surface area contributed by atoms with Gasteiger partial charge in [-0.05, 0) is 36.3 Å². The van der Waals surface area contributed by atoms with Gasteiger partial charge in [0.15, 0.2) is 0 Å². The van der Waals surface area contributed by atoms with Crippen molar-refractivity contribution in [3.8, 4) is 0 Å². The van der Waals surface area contributed by atoms with Gasteiger partial charge in [-0.15, -0.1) is 11.6 Å². The SMILES string of the molecule is O=C1NC2CCC(Cl)CC2C(c2ccccc2)C1C1=NN(C(=O)CN2CCOCC2)C(c2ccccc2)C1. The topological polar surface area (TPSA) is 74.2 Å². The number of hydrazone groups is 1. The van der Waals surface area contributed by atoms with Crippen LogP contribution in [0.2, 0.25) is 0 Å². The van der Waals surface area contributed by atoms with E-state index in [4.69, 9.17) is 21.4 Å². The highest BCUT2D eigenvalue weighted by atomic mass is 35.5. The van der Waals surface area contributed by atoms with E-state index < -0.39 is 5.92 Å². The molecule has 1 saturated carbocycles. The fourth-order valence-electron chi connectivity index (χ4n) is 6.79. The van der Waals surface area contributed by atoms with Crippen molar-refractivity contribution in [2.24, 2.45) is 16.9 Å². The molecule has 0 radical (unpaired) electrons. The molecule has 2 aromatic carbocycles. The first-order chi connectivity index (χ1) is 18.6. The maximum atomic E-state index is 13.8. The Morgan fingerprint density at radius 1 is 1.00 bits per heavy atom. The van der Waals surface area contributed by atoms with Gasteiger partial charge in [-0.1, -0.05) is 60.7 Å². The van der Waals surface area contributed by atoms with Gasteiger partial charge in [0, 0.05) is 36.8 Å². The lowest BCUT2D eigenvalue weighted by Crippen LogP contribution is -2.57. The Kier molecular flexibility index (Phi) is 7.50. The van der Waals surface area contributed by atoms with Gasteiger partial charge in [-0.2, -0.15) is 5.10 Å². The van der Waals surface area contributed by atoms with Gasteiger partial charge in [0.2, 0.25) is 5.91 Å². The van der Waals surface area contributed by atoms with Gasteiger partial charge in [0.1, 0.15) is 0 Å². The van der Waals surface area contributed by atoms with E-state index in [1.165, 1.54) is 0 Å². The summed E-state index contributed by atoms with van der Waals surface area (Å²) in [4.78, 5) is 29.6. The predicted molar refractivity (Wildman–Crippen MR) is 147 cm³/mol. The molecule has 2 aromatic rings. The van der Waals surface area contributed by atoms with Crippen molar-refractivity contribution in [1.82, 2.24) is 15.2 Å². The summed E-state index contributed by atoms with van der Waals surface area (Å²) in [5, 5.41) is 10.0. The van der Waals surface area contributed by atoms with Crippen LogP contribution >= 0.6 is 11.6 Å².